The Hall–Kier alpha value is -1.87. The van der Waals surface area contributed by atoms with Crippen molar-refractivity contribution in [2.75, 3.05) is 38.2 Å². The fourth-order valence-electron chi connectivity index (χ4n) is 3.85. The Bertz CT molecular complexity index is 1070. The van der Waals surface area contributed by atoms with Crippen molar-refractivity contribution >= 4 is 38.1 Å². The zero-order chi connectivity index (χ0) is 22.1. The minimum atomic E-state index is -3.53. The molecule has 2 atom stereocenters. The third-order valence-electron chi connectivity index (χ3n) is 5.65. The second-order valence-corrected chi connectivity index (χ2v) is 11.6. The minimum Gasteiger partial charge on any atom is -0.497 e. The van der Waals surface area contributed by atoms with Crippen LogP contribution >= 0.6 is 22.9 Å². The van der Waals surface area contributed by atoms with Crippen LogP contribution in [0, 0.1) is 0 Å². The van der Waals surface area contributed by atoms with Crippen LogP contribution in [0.5, 0.6) is 5.75 Å². The Labute approximate surface area is 192 Å². The molecule has 166 valence electrons. The lowest BCUT2D eigenvalue weighted by atomic mass is 10.0. The maximum Gasteiger partial charge on any atom is 0.222 e. The van der Waals surface area contributed by atoms with Gasteiger partial charge in [0.1, 0.15) is 11.0 Å². The molecule has 6 nitrogen and oxygen atoms in total. The number of allylic oxidation sites excluding steroid dienone is 3. The SMILES string of the molecule is COc1ccc(Cc2csc(N3CCN(S(=O)(=O)C4C=CC=CC4(C)Cl)CC3)n2)cc1. The number of ether oxygens (including phenoxy) is 1. The van der Waals surface area contributed by atoms with Crippen LogP contribution in [0.2, 0.25) is 0 Å². The topological polar surface area (TPSA) is 62.7 Å². The lowest BCUT2D eigenvalue weighted by Gasteiger charge is -2.38. The molecule has 0 N–H and O–H groups in total. The number of thiazole rings is 1. The standard InChI is InChI=1S/C22H26ClN3O3S2/c1-22(23)10-4-3-5-20(22)31(27,28)26-13-11-25(12-14-26)21-24-18(16-30-21)15-17-6-8-19(29-2)9-7-17/h3-10,16,20H,11-15H2,1-2H3. The Morgan fingerprint density at radius 2 is 1.90 bits per heavy atom. The van der Waals surface area contributed by atoms with Crippen LogP contribution in [0.4, 0.5) is 5.13 Å². The Balaban J connectivity index is 1.38. The van der Waals surface area contributed by atoms with Crippen LogP contribution < -0.4 is 9.64 Å². The van der Waals surface area contributed by atoms with Gasteiger partial charge in [-0.1, -0.05) is 36.4 Å². The Morgan fingerprint density at radius 3 is 2.55 bits per heavy atom. The van der Waals surface area contributed by atoms with Gasteiger partial charge >= 0.3 is 0 Å². The molecule has 0 saturated carbocycles. The first-order chi connectivity index (χ1) is 14.8. The summed E-state index contributed by atoms with van der Waals surface area (Å²) in [6, 6.07) is 7.98. The van der Waals surface area contributed by atoms with Crippen molar-refractivity contribution in [3.05, 3.63) is 65.2 Å². The molecule has 0 spiro atoms. The quantitative estimate of drug-likeness (QED) is 0.591. The van der Waals surface area contributed by atoms with E-state index in [1.165, 1.54) is 5.56 Å². The van der Waals surface area contributed by atoms with E-state index in [0.717, 1.165) is 23.0 Å². The predicted molar refractivity (Wildman–Crippen MR) is 127 cm³/mol. The maximum atomic E-state index is 13.2. The zero-order valence-electron chi connectivity index (χ0n) is 17.6. The molecule has 0 amide bonds. The summed E-state index contributed by atoms with van der Waals surface area (Å²) in [6.45, 7) is 3.82. The average molecular weight is 480 g/mol. The molecular formula is C22H26ClN3O3S2. The molecule has 9 heteroatoms. The monoisotopic (exact) mass is 479 g/mol. The molecule has 0 bridgehead atoms. The highest BCUT2D eigenvalue weighted by Crippen LogP contribution is 2.33. The van der Waals surface area contributed by atoms with Gasteiger partial charge < -0.3 is 9.64 Å². The second kappa shape index (κ2) is 8.94. The van der Waals surface area contributed by atoms with Crippen LogP contribution in [0.15, 0.2) is 53.9 Å². The summed E-state index contributed by atoms with van der Waals surface area (Å²) in [5, 5.41) is 2.25. The van der Waals surface area contributed by atoms with Crippen molar-refractivity contribution in [3.8, 4) is 5.75 Å². The van der Waals surface area contributed by atoms with Crippen molar-refractivity contribution in [2.45, 2.75) is 23.5 Å². The number of nitrogens with zero attached hydrogens (tertiary/aromatic N) is 3. The summed E-state index contributed by atoms with van der Waals surface area (Å²) in [7, 11) is -1.87. The van der Waals surface area contributed by atoms with Crippen LogP contribution in [0.25, 0.3) is 0 Å². The fourth-order valence-corrected chi connectivity index (χ4v) is 7.16. The molecule has 1 fully saturated rings. The first-order valence-corrected chi connectivity index (χ1v) is 12.9. The van der Waals surface area contributed by atoms with E-state index in [1.807, 2.05) is 24.3 Å². The van der Waals surface area contributed by atoms with E-state index in [-0.39, 0.29) is 0 Å². The molecule has 1 aliphatic heterocycles. The number of piperazine rings is 1. The maximum absolute atomic E-state index is 13.2. The molecule has 31 heavy (non-hydrogen) atoms. The molecule has 1 aliphatic carbocycles. The predicted octanol–water partition coefficient (Wildman–Crippen LogP) is 3.69. The minimum absolute atomic E-state index is 0.427. The largest absolute Gasteiger partial charge is 0.497 e. The summed E-state index contributed by atoms with van der Waals surface area (Å²) in [4.78, 5) is 6.00. The number of halogens is 1. The number of anilines is 1. The van der Waals surface area contributed by atoms with Crippen molar-refractivity contribution in [3.63, 3.8) is 0 Å². The van der Waals surface area contributed by atoms with Crippen molar-refractivity contribution in [1.82, 2.24) is 9.29 Å². The molecular weight excluding hydrogens is 454 g/mol. The summed E-state index contributed by atoms with van der Waals surface area (Å²) in [5.41, 5.74) is 2.18. The molecule has 2 heterocycles. The average Bonchev–Trinajstić information content (AvgIpc) is 3.22. The van der Waals surface area contributed by atoms with Crippen molar-refractivity contribution in [1.29, 1.82) is 0 Å². The van der Waals surface area contributed by atoms with Gasteiger partial charge in [-0.15, -0.1) is 22.9 Å². The van der Waals surface area contributed by atoms with Gasteiger partial charge in [0.25, 0.3) is 0 Å². The van der Waals surface area contributed by atoms with Gasteiger partial charge in [-0.2, -0.15) is 4.31 Å². The second-order valence-electron chi connectivity index (χ2n) is 7.89. The summed E-state index contributed by atoms with van der Waals surface area (Å²) >= 11 is 8.08. The van der Waals surface area contributed by atoms with E-state index in [0.29, 0.717) is 26.2 Å². The van der Waals surface area contributed by atoms with E-state index in [9.17, 15) is 8.42 Å². The Morgan fingerprint density at radius 1 is 1.19 bits per heavy atom. The molecule has 2 aromatic rings. The first-order valence-electron chi connectivity index (χ1n) is 10.2. The molecule has 2 unspecified atom stereocenters. The molecule has 4 rings (SSSR count). The van der Waals surface area contributed by atoms with Gasteiger partial charge in [0.2, 0.25) is 10.0 Å². The number of rotatable bonds is 6. The van der Waals surface area contributed by atoms with Crippen LogP contribution in [-0.4, -0.2) is 61.1 Å². The molecule has 2 aliphatic rings. The van der Waals surface area contributed by atoms with Gasteiger partial charge in [-0.25, -0.2) is 13.4 Å². The van der Waals surface area contributed by atoms with Crippen molar-refractivity contribution < 1.29 is 13.2 Å². The van der Waals surface area contributed by atoms with Gasteiger partial charge in [0.05, 0.1) is 17.7 Å². The number of hydrogen-bond acceptors (Lipinski definition) is 6. The van der Waals surface area contributed by atoms with Crippen LogP contribution in [0.3, 0.4) is 0 Å². The van der Waals surface area contributed by atoms with Crippen LogP contribution in [-0.2, 0) is 16.4 Å². The highest BCUT2D eigenvalue weighted by atomic mass is 35.5. The van der Waals surface area contributed by atoms with E-state index >= 15 is 0 Å². The van der Waals surface area contributed by atoms with Gasteiger partial charge in [0, 0.05) is 38.0 Å². The van der Waals surface area contributed by atoms with E-state index in [4.69, 9.17) is 21.3 Å². The summed E-state index contributed by atoms with van der Waals surface area (Å²) in [6.07, 6.45) is 7.73. The highest BCUT2D eigenvalue weighted by Gasteiger charge is 2.43. The number of benzene rings is 1. The number of methoxy groups -OCH3 is 1. The first kappa shape index (κ1) is 22.3. The van der Waals surface area contributed by atoms with Crippen molar-refractivity contribution in [2.24, 2.45) is 0 Å². The van der Waals surface area contributed by atoms with E-state index in [1.54, 1.807) is 54.0 Å². The van der Waals surface area contributed by atoms with Crippen LogP contribution in [0.1, 0.15) is 18.2 Å². The number of aromatic nitrogens is 1. The lowest BCUT2D eigenvalue weighted by molar-refractivity contribution is 0.379. The van der Waals surface area contributed by atoms with Gasteiger partial charge in [-0.05, 0) is 24.6 Å². The number of hydrogen-bond donors (Lipinski definition) is 0. The summed E-state index contributed by atoms with van der Waals surface area (Å²) < 4.78 is 33.1. The zero-order valence-corrected chi connectivity index (χ0v) is 20.0. The lowest BCUT2D eigenvalue weighted by Crippen LogP contribution is -2.54. The highest BCUT2D eigenvalue weighted by molar-refractivity contribution is 7.90. The fraction of sp³-hybridized carbons (Fsp3) is 0.409. The van der Waals surface area contributed by atoms with Gasteiger partial charge in [-0.3, -0.25) is 0 Å². The van der Waals surface area contributed by atoms with E-state index in [2.05, 4.69) is 10.3 Å². The molecule has 1 aromatic heterocycles. The molecule has 1 aromatic carbocycles. The van der Waals surface area contributed by atoms with Gasteiger partial charge in [0.15, 0.2) is 5.13 Å². The molecule has 1 saturated heterocycles. The summed E-state index contributed by atoms with van der Waals surface area (Å²) in [5.74, 6) is 0.838. The third-order valence-corrected chi connectivity index (χ3v) is 9.46. The number of sulfonamides is 1. The third kappa shape index (κ3) is 4.82. The smallest absolute Gasteiger partial charge is 0.222 e. The molecule has 0 radical (unpaired) electrons. The Kier molecular flexibility index (Phi) is 6.44. The van der Waals surface area contributed by atoms with E-state index < -0.39 is 20.1 Å². The normalized spacial score (nSPS) is 24.5. The number of alkyl halides is 1.